The van der Waals surface area contributed by atoms with Crippen LogP contribution >= 0.6 is 0 Å². The molecule has 2 aliphatic heterocycles. The monoisotopic (exact) mass is 390 g/mol. The maximum Gasteiger partial charge on any atom is 0.178 e. The molecular weight excluding hydrogens is 352 g/mol. The Bertz CT molecular complexity index is 551. The van der Waals surface area contributed by atoms with E-state index >= 15 is 0 Å². The number of hydrogen-bond donors (Lipinski definition) is 1. The van der Waals surface area contributed by atoms with Crippen molar-refractivity contribution in [3.8, 4) is 0 Å². The summed E-state index contributed by atoms with van der Waals surface area (Å²) in [5.74, 6) is -0.695. The number of carbonyl (C=O) groups excluding carboxylic acids is 1. The molecule has 2 saturated heterocycles. The summed E-state index contributed by atoms with van der Waals surface area (Å²) < 4.78 is 12.7. The Morgan fingerprint density at radius 2 is 1.64 bits per heavy atom. The predicted molar refractivity (Wildman–Crippen MR) is 111 cm³/mol. The molecule has 3 rings (SSSR count). The molecule has 0 amide bonds. The highest BCUT2D eigenvalue weighted by Gasteiger charge is 2.52. The minimum atomic E-state index is -0.698. The summed E-state index contributed by atoms with van der Waals surface area (Å²) in [6, 6.07) is 0. The minimum Gasteiger partial charge on any atom is -0.393 e. The van der Waals surface area contributed by atoms with Gasteiger partial charge in [0, 0.05) is 12.8 Å². The predicted octanol–water partition coefficient (Wildman–Crippen LogP) is 5.39. The van der Waals surface area contributed by atoms with E-state index in [2.05, 4.69) is 6.92 Å². The molecule has 158 valence electrons. The highest BCUT2D eigenvalue weighted by atomic mass is 16.7. The zero-order valence-electron chi connectivity index (χ0n) is 17.5. The first-order valence-electron chi connectivity index (χ1n) is 11.5. The molecule has 2 spiro atoms. The van der Waals surface area contributed by atoms with Gasteiger partial charge in [-0.1, -0.05) is 64.7 Å². The minimum absolute atomic E-state index is 0.00279. The number of carbonyl (C=O) groups is 1. The van der Waals surface area contributed by atoms with Crippen LogP contribution in [0.25, 0.3) is 0 Å². The van der Waals surface area contributed by atoms with Crippen LogP contribution in [-0.4, -0.2) is 34.5 Å². The second-order valence-corrected chi connectivity index (χ2v) is 8.99. The van der Waals surface area contributed by atoms with Crippen LogP contribution in [0.4, 0.5) is 0 Å². The Labute approximate surface area is 170 Å². The fraction of sp³-hybridized carbons (Fsp3) is 0.792. The zero-order valence-corrected chi connectivity index (χ0v) is 17.5. The van der Waals surface area contributed by atoms with Gasteiger partial charge >= 0.3 is 0 Å². The number of hydrogen-bond acceptors (Lipinski definition) is 4. The van der Waals surface area contributed by atoms with E-state index in [0.29, 0.717) is 12.8 Å². The molecule has 1 aliphatic carbocycles. The molecule has 0 saturated carbocycles. The number of aliphatic hydroxyl groups is 1. The first kappa shape index (κ1) is 21.7. The van der Waals surface area contributed by atoms with Crippen molar-refractivity contribution in [1.29, 1.82) is 0 Å². The van der Waals surface area contributed by atoms with Gasteiger partial charge in [-0.25, -0.2) is 0 Å². The molecule has 0 bridgehead atoms. The Hall–Kier alpha value is -0.970. The molecule has 4 nitrogen and oxygen atoms in total. The van der Waals surface area contributed by atoms with Crippen molar-refractivity contribution >= 4 is 5.78 Å². The molecule has 2 fully saturated rings. The summed E-state index contributed by atoms with van der Waals surface area (Å²) in [5.41, 5.74) is -0.534. The first-order valence-corrected chi connectivity index (χ1v) is 11.5. The van der Waals surface area contributed by atoms with Crippen LogP contribution in [0.3, 0.4) is 0 Å². The molecule has 0 aromatic rings. The topological polar surface area (TPSA) is 55.8 Å². The van der Waals surface area contributed by atoms with E-state index in [4.69, 9.17) is 9.47 Å². The molecule has 4 heteroatoms. The van der Waals surface area contributed by atoms with Crippen molar-refractivity contribution in [3.63, 3.8) is 0 Å². The second-order valence-electron chi connectivity index (χ2n) is 8.99. The van der Waals surface area contributed by atoms with Gasteiger partial charge in [0.2, 0.25) is 0 Å². The largest absolute Gasteiger partial charge is 0.393 e. The summed E-state index contributed by atoms with van der Waals surface area (Å²) in [6.07, 6.45) is 22.2. The molecule has 0 aromatic heterocycles. The number of aliphatic hydroxyl groups excluding tert-OH is 1. The summed E-state index contributed by atoms with van der Waals surface area (Å²) >= 11 is 0. The number of rotatable bonds is 10. The fourth-order valence-electron chi connectivity index (χ4n) is 4.86. The average Bonchev–Trinajstić information content (AvgIpc) is 3.00. The van der Waals surface area contributed by atoms with Gasteiger partial charge in [0.25, 0.3) is 0 Å². The lowest BCUT2D eigenvalue weighted by Gasteiger charge is -2.42. The molecule has 3 atom stereocenters. The quantitative estimate of drug-likeness (QED) is 0.508. The molecule has 2 heterocycles. The van der Waals surface area contributed by atoms with E-state index in [9.17, 15) is 9.90 Å². The number of unbranched alkanes of at least 4 members (excludes halogenated alkanes) is 8. The van der Waals surface area contributed by atoms with E-state index in [-0.39, 0.29) is 18.0 Å². The van der Waals surface area contributed by atoms with Gasteiger partial charge in [0.05, 0.1) is 12.2 Å². The van der Waals surface area contributed by atoms with Gasteiger partial charge in [-0.3, -0.25) is 4.79 Å². The third-order valence-corrected chi connectivity index (χ3v) is 6.42. The highest BCUT2D eigenvalue weighted by molar-refractivity contribution is 6.00. The van der Waals surface area contributed by atoms with Crippen LogP contribution in [0.1, 0.15) is 96.8 Å². The Morgan fingerprint density at radius 1 is 1.00 bits per heavy atom. The fourth-order valence-corrected chi connectivity index (χ4v) is 4.86. The number of ether oxygens (including phenoxy) is 2. The lowest BCUT2D eigenvalue weighted by molar-refractivity contribution is -0.292. The van der Waals surface area contributed by atoms with Gasteiger partial charge in [-0.15, -0.1) is 0 Å². The third-order valence-electron chi connectivity index (χ3n) is 6.42. The molecule has 28 heavy (non-hydrogen) atoms. The number of allylic oxidation sites excluding steroid dienone is 2. The molecular formula is C24H38O4. The average molecular weight is 391 g/mol. The smallest absolute Gasteiger partial charge is 0.178 e. The van der Waals surface area contributed by atoms with Crippen molar-refractivity contribution in [2.24, 2.45) is 0 Å². The van der Waals surface area contributed by atoms with E-state index in [0.717, 1.165) is 25.7 Å². The van der Waals surface area contributed by atoms with Crippen molar-refractivity contribution in [1.82, 2.24) is 0 Å². The van der Waals surface area contributed by atoms with E-state index in [1.54, 1.807) is 12.2 Å². The highest BCUT2D eigenvalue weighted by Crippen LogP contribution is 2.47. The summed E-state index contributed by atoms with van der Waals surface area (Å²) in [5, 5.41) is 10.4. The van der Waals surface area contributed by atoms with Gasteiger partial charge < -0.3 is 14.6 Å². The van der Waals surface area contributed by atoms with E-state index in [1.807, 2.05) is 12.2 Å². The maximum atomic E-state index is 11.4. The van der Waals surface area contributed by atoms with Crippen LogP contribution < -0.4 is 0 Å². The van der Waals surface area contributed by atoms with E-state index in [1.165, 1.54) is 51.4 Å². The van der Waals surface area contributed by atoms with Gasteiger partial charge in [-0.2, -0.15) is 0 Å². The summed E-state index contributed by atoms with van der Waals surface area (Å²) in [7, 11) is 0. The first-order chi connectivity index (χ1) is 13.5. The molecule has 1 N–H and O–H groups in total. The van der Waals surface area contributed by atoms with E-state index < -0.39 is 11.4 Å². The molecule has 3 aliphatic rings. The van der Waals surface area contributed by atoms with Crippen LogP contribution in [0, 0.1) is 0 Å². The third kappa shape index (κ3) is 6.01. The zero-order chi connectivity index (χ0) is 19.9. The Balaban J connectivity index is 1.39. The van der Waals surface area contributed by atoms with Crippen molar-refractivity contribution < 1.29 is 19.4 Å². The van der Waals surface area contributed by atoms with Crippen LogP contribution in [0.2, 0.25) is 0 Å². The standard InChI is InChI=1S/C24H38O4/c1-2-3-4-5-6-7-8-9-10-11-22-18-21(26)19-24(27-22)17-16-23(28-24)14-12-20(25)13-15-23/h12-15,21-22,26H,2-11,16-19H2,1H3/t21-,22-,24+/m0/s1. The van der Waals surface area contributed by atoms with Gasteiger partial charge in [-0.05, 0) is 43.6 Å². The van der Waals surface area contributed by atoms with Crippen LogP contribution in [-0.2, 0) is 14.3 Å². The van der Waals surface area contributed by atoms with Crippen LogP contribution in [0.5, 0.6) is 0 Å². The Morgan fingerprint density at radius 3 is 2.32 bits per heavy atom. The Kier molecular flexibility index (Phi) is 7.90. The van der Waals surface area contributed by atoms with Crippen molar-refractivity contribution in [2.75, 3.05) is 0 Å². The molecule has 0 aromatic carbocycles. The van der Waals surface area contributed by atoms with Gasteiger partial charge in [0.1, 0.15) is 5.60 Å². The molecule has 0 unspecified atom stereocenters. The van der Waals surface area contributed by atoms with Crippen molar-refractivity contribution in [2.45, 2.75) is 120 Å². The van der Waals surface area contributed by atoms with Gasteiger partial charge in [0.15, 0.2) is 11.6 Å². The van der Waals surface area contributed by atoms with Crippen LogP contribution in [0.15, 0.2) is 24.3 Å². The SMILES string of the molecule is CCCCCCCCCCC[C@H]1C[C@H](O)C[C@]2(CCC3(C=CC(=O)C=C3)O2)O1. The summed E-state index contributed by atoms with van der Waals surface area (Å²) in [6.45, 7) is 2.26. The normalized spacial score (nSPS) is 31.3. The second kappa shape index (κ2) is 10.2. The maximum absolute atomic E-state index is 11.4. The number of ketones is 1. The molecule has 0 radical (unpaired) electrons. The van der Waals surface area contributed by atoms with Crippen molar-refractivity contribution in [3.05, 3.63) is 24.3 Å². The lowest BCUT2D eigenvalue weighted by atomic mass is 9.91. The summed E-state index contributed by atoms with van der Waals surface area (Å²) in [4.78, 5) is 11.4. The lowest BCUT2D eigenvalue weighted by Crippen LogP contribution is -2.47.